The van der Waals surface area contributed by atoms with Crippen LogP contribution in [0.3, 0.4) is 0 Å². The minimum atomic E-state index is -0.937. The van der Waals surface area contributed by atoms with Crippen molar-refractivity contribution in [3.05, 3.63) is 143 Å². The first-order chi connectivity index (χ1) is 14.7. The van der Waals surface area contributed by atoms with Crippen molar-refractivity contribution in [1.82, 2.24) is 5.32 Å². The van der Waals surface area contributed by atoms with E-state index in [1.807, 2.05) is 103 Å². The number of hydrogen-bond acceptors (Lipinski definition) is 1. The molecule has 0 radical (unpaired) electrons. The van der Waals surface area contributed by atoms with Gasteiger partial charge in [0.15, 0.2) is 0 Å². The lowest BCUT2D eigenvalue weighted by Gasteiger charge is -2.34. The van der Waals surface area contributed by atoms with E-state index in [2.05, 4.69) is 24.4 Å². The maximum Gasteiger partial charge on any atom is 0.239 e. The molecular weight excluding hydrogens is 366 g/mol. The minimum Gasteiger partial charge on any atom is -0.351 e. The van der Waals surface area contributed by atoms with Crippen molar-refractivity contribution in [2.45, 2.75) is 18.9 Å². The number of hydrogen-bond donors (Lipinski definition) is 1. The third-order valence-electron chi connectivity index (χ3n) is 5.50. The van der Waals surface area contributed by atoms with Gasteiger partial charge in [0, 0.05) is 6.54 Å². The Morgan fingerprint density at radius 1 is 0.667 bits per heavy atom. The quantitative estimate of drug-likeness (QED) is 0.423. The van der Waals surface area contributed by atoms with E-state index < -0.39 is 5.41 Å². The first-order valence-electron chi connectivity index (χ1n) is 10.2. The summed E-state index contributed by atoms with van der Waals surface area (Å²) in [6.45, 7) is 2.54. The molecule has 2 heteroatoms. The molecule has 0 aliphatic carbocycles. The van der Waals surface area contributed by atoms with Crippen LogP contribution in [0.1, 0.15) is 27.8 Å². The van der Waals surface area contributed by atoms with Crippen LogP contribution in [0.5, 0.6) is 0 Å². The molecule has 0 heterocycles. The van der Waals surface area contributed by atoms with E-state index in [-0.39, 0.29) is 5.91 Å². The molecule has 0 fully saturated rings. The van der Waals surface area contributed by atoms with Crippen LogP contribution in [0, 0.1) is 6.92 Å². The Hall–Kier alpha value is -3.65. The van der Waals surface area contributed by atoms with Gasteiger partial charge in [0.05, 0.1) is 0 Å². The Bertz CT molecular complexity index is 1010. The van der Waals surface area contributed by atoms with Gasteiger partial charge in [0.2, 0.25) is 5.91 Å². The summed E-state index contributed by atoms with van der Waals surface area (Å²) in [4.78, 5) is 14.0. The van der Waals surface area contributed by atoms with Gasteiger partial charge in [-0.05, 0) is 29.2 Å². The SMILES string of the molecule is Cc1cccc(CNC(=O)C(c2ccccc2)(c2ccccc2)c2ccccc2)c1. The minimum absolute atomic E-state index is 0.0346. The highest BCUT2D eigenvalue weighted by Gasteiger charge is 2.43. The molecule has 148 valence electrons. The molecule has 0 saturated carbocycles. The van der Waals surface area contributed by atoms with E-state index in [0.717, 1.165) is 22.3 Å². The lowest BCUT2D eigenvalue weighted by Crippen LogP contribution is -2.46. The van der Waals surface area contributed by atoms with Crippen molar-refractivity contribution < 1.29 is 4.79 Å². The first kappa shape index (κ1) is 19.7. The van der Waals surface area contributed by atoms with Crippen LogP contribution in [0.4, 0.5) is 0 Å². The Labute approximate surface area is 178 Å². The summed E-state index contributed by atoms with van der Waals surface area (Å²) in [5, 5.41) is 3.22. The zero-order valence-corrected chi connectivity index (χ0v) is 17.1. The maximum absolute atomic E-state index is 14.0. The van der Waals surface area contributed by atoms with Crippen LogP contribution in [0.25, 0.3) is 0 Å². The fourth-order valence-electron chi connectivity index (χ4n) is 4.09. The monoisotopic (exact) mass is 391 g/mol. The van der Waals surface area contributed by atoms with Gasteiger partial charge in [0.1, 0.15) is 5.41 Å². The van der Waals surface area contributed by atoms with Crippen molar-refractivity contribution in [2.75, 3.05) is 0 Å². The molecule has 1 amide bonds. The van der Waals surface area contributed by atoms with Gasteiger partial charge < -0.3 is 5.32 Å². The summed E-state index contributed by atoms with van der Waals surface area (Å²) in [6.07, 6.45) is 0. The highest BCUT2D eigenvalue weighted by molar-refractivity contribution is 5.96. The predicted molar refractivity (Wildman–Crippen MR) is 122 cm³/mol. The van der Waals surface area contributed by atoms with E-state index in [4.69, 9.17) is 0 Å². The molecule has 4 rings (SSSR count). The number of carbonyl (C=O) groups is 1. The topological polar surface area (TPSA) is 29.1 Å². The van der Waals surface area contributed by atoms with Gasteiger partial charge in [-0.3, -0.25) is 4.79 Å². The number of benzene rings is 4. The molecule has 0 saturated heterocycles. The maximum atomic E-state index is 14.0. The Morgan fingerprint density at radius 3 is 1.57 bits per heavy atom. The fraction of sp³-hybridized carbons (Fsp3) is 0.107. The van der Waals surface area contributed by atoms with E-state index in [1.165, 1.54) is 5.56 Å². The molecule has 0 bridgehead atoms. The van der Waals surface area contributed by atoms with Gasteiger partial charge in [0.25, 0.3) is 0 Å². The van der Waals surface area contributed by atoms with Crippen LogP contribution >= 0.6 is 0 Å². The average molecular weight is 392 g/mol. The summed E-state index contributed by atoms with van der Waals surface area (Å²) in [6, 6.07) is 38.3. The second-order valence-corrected chi connectivity index (χ2v) is 7.52. The average Bonchev–Trinajstić information content (AvgIpc) is 2.80. The molecule has 1 N–H and O–H groups in total. The van der Waals surface area contributed by atoms with Crippen LogP contribution in [0.15, 0.2) is 115 Å². The Balaban J connectivity index is 1.85. The van der Waals surface area contributed by atoms with Crippen molar-refractivity contribution in [3.8, 4) is 0 Å². The first-order valence-corrected chi connectivity index (χ1v) is 10.2. The van der Waals surface area contributed by atoms with Crippen molar-refractivity contribution in [3.63, 3.8) is 0 Å². The molecule has 2 nitrogen and oxygen atoms in total. The van der Waals surface area contributed by atoms with Gasteiger partial charge in [-0.2, -0.15) is 0 Å². The normalized spacial score (nSPS) is 11.1. The second kappa shape index (κ2) is 8.79. The lowest BCUT2D eigenvalue weighted by molar-refractivity contribution is -0.124. The number of nitrogens with one attached hydrogen (secondary N) is 1. The van der Waals surface area contributed by atoms with Crippen molar-refractivity contribution in [2.24, 2.45) is 0 Å². The lowest BCUT2D eigenvalue weighted by atomic mass is 9.68. The Morgan fingerprint density at radius 2 is 1.13 bits per heavy atom. The molecule has 0 aliphatic rings. The standard InChI is InChI=1S/C28H25NO/c1-22-12-11-13-23(20-22)21-29-27(30)28(24-14-5-2-6-15-24,25-16-7-3-8-17-25)26-18-9-4-10-19-26/h2-20H,21H2,1H3,(H,29,30). The van der Waals surface area contributed by atoms with Crippen LogP contribution < -0.4 is 5.32 Å². The van der Waals surface area contributed by atoms with E-state index >= 15 is 0 Å². The number of rotatable bonds is 6. The Kier molecular flexibility index (Phi) is 5.76. The van der Waals surface area contributed by atoms with Gasteiger partial charge >= 0.3 is 0 Å². The molecule has 4 aromatic rings. The third-order valence-corrected chi connectivity index (χ3v) is 5.50. The zero-order chi connectivity index (χ0) is 20.8. The van der Waals surface area contributed by atoms with E-state index in [1.54, 1.807) is 0 Å². The molecule has 0 unspecified atom stereocenters. The second-order valence-electron chi connectivity index (χ2n) is 7.52. The van der Waals surface area contributed by atoms with Crippen molar-refractivity contribution in [1.29, 1.82) is 0 Å². The summed E-state index contributed by atoms with van der Waals surface area (Å²) in [5.41, 5.74) is 4.18. The molecule has 0 aliphatic heterocycles. The van der Waals surface area contributed by atoms with Crippen LogP contribution in [-0.2, 0) is 16.8 Å². The number of carbonyl (C=O) groups excluding carboxylic acids is 1. The highest BCUT2D eigenvalue weighted by atomic mass is 16.2. The number of amides is 1. The number of aryl methyl sites for hydroxylation is 1. The molecule has 30 heavy (non-hydrogen) atoms. The molecule has 4 aromatic carbocycles. The molecule has 0 aromatic heterocycles. The van der Waals surface area contributed by atoms with Crippen LogP contribution in [-0.4, -0.2) is 5.91 Å². The molecule has 0 atom stereocenters. The smallest absolute Gasteiger partial charge is 0.239 e. The summed E-state index contributed by atoms with van der Waals surface area (Å²) < 4.78 is 0. The summed E-state index contributed by atoms with van der Waals surface area (Å²) >= 11 is 0. The molecular formula is C28H25NO. The van der Waals surface area contributed by atoms with Gasteiger partial charge in [-0.25, -0.2) is 0 Å². The molecule has 0 spiro atoms. The van der Waals surface area contributed by atoms with Gasteiger partial charge in [-0.15, -0.1) is 0 Å². The predicted octanol–water partition coefficient (Wildman–Crippen LogP) is 5.65. The zero-order valence-electron chi connectivity index (χ0n) is 17.1. The van der Waals surface area contributed by atoms with Crippen LogP contribution in [0.2, 0.25) is 0 Å². The summed E-state index contributed by atoms with van der Waals surface area (Å²) in [5.74, 6) is -0.0346. The fourth-order valence-corrected chi connectivity index (χ4v) is 4.09. The van der Waals surface area contributed by atoms with E-state index in [0.29, 0.717) is 6.54 Å². The summed E-state index contributed by atoms with van der Waals surface area (Å²) in [7, 11) is 0. The largest absolute Gasteiger partial charge is 0.351 e. The third kappa shape index (κ3) is 3.77. The highest BCUT2D eigenvalue weighted by Crippen LogP contribution is 2.39. The van der Waals surface area contributed by atoms with Crippen molar-refractivity contribution >= 4 is 5.91 Å². The van der Waals surface area contributed by atoms with E-state index in [9.17, 15) is 4.79 Å². The van der Waals surface area contributed by atoms with Gasteiger partial charge in [-0.1, -0.05) is 121 Å².